The Balaban J connectivity index is 0.000000678. The van der Waals surface area contributed by atoms with Crippen molar-refractivity contribution in [1.29, 1.82) is 0 Å². The molecule has 1 aromatic rings. The molecule has 2 fully saturated rings. The van der Waals surface area contributed by atoms with Crippen LogP contribution in [0, 0.1) is 17.8 Å². The van der Waals surface area contributed by atoms with Crippen molar-refractivity contribution in [1.82, 2.24) is 5.32 Å². The SMILES string of the molecule is C1CCNC1.CCCCCC(O)CCC1C(OC(C)=O)CC2Cc3c(cccc3OCC(=O)OC)CC21. The van der Waals surface area contributed by atoms with Gasteiger partial charge in [0.1, 0.15) is 11.9 Å². The molecule has 1 saturated heterocycles. The summed E-state index contributed by atoms with van der Waals surface area (Å²) in [6.07, 6.45) is 10.8. The first-order valence-corrected chi connectivity index (χ1v) is 14.3. The molecule has 7 heteroatoms. The number of esters is 2. The van der Waals surface area contributed by atoms with Crippen molar-refractivity contribution in [3.63, 3.8) is 0 Å². The number of fused-ring (bicyclic) bond motifs is 2. The van der Waals surface area contributed by atoms with Gasteiger partial charge in [0.15, 0.2) is 6.61 Å². The Hall–Kier alpha value is -2.12. The van der Waals surface area contributed by atoms with Crippen molar-refractivity contribution in [3.8, 4) is 5.75 Å². The maximum absolute atomic E-state index is 11.8. The number of ether oxygens (including phenoxy) is 3. The van der Waals surface area contributed by atoms with Gasteiger partial charge >= 0.3 is 11.9 Å². The number of hydrogen-bond donors (Lipinski definition) is 2. The standard InChI is InChI=1S/C26H38O6.C4H9N/c1-4-5-6-9-20(28)11-12-21-22-13-18-8-7-10-24(31-16-26(29)30-3)23(18)14-19(22)15-25(21)32-17(2)27;1-2-4-5-3-1/h7-8,10,19-22,25,28H,4-6,9,11-16H2,1-3H3;5H,1-4H2. The fourth-order valence-corrected chi connectivity index (χ4v) is 6.24. The Morgan fingerprint density at radius 1 is 1.14 bits per heavy atom. The molecule has 0 spiro atoms. The summed E-state index contributed by atoms with van der Waals surface area (Å²) >= 11 is 0. The molecule has 0 radical (unpaired) electrons. The Labute approximate surface area is 222 Å². The van der Waals surface area contributed by atoms with Crippen molar-refractivity contribution in [2.75, 3.05) is 26.8 Å². The minimum Gasteiger partial charge on any atom is -0.482 e. The van der Waals surface area contributed by atoms with E-state index >= 15 is 0 Å². The minimum absolute atomic E-state index is 0.0981. The maximum Gasteiger partial charge on any atom is 0.343 e. The smallest absolute Gasteiger partial charge is 0.343 e. The Kier molecular flexibility index (Phi) is 12.2. The van der Waals surface area contributed by atoms with Gasteiger partial charge in [-0.15, -0.1) is 0 Å². The van der Waals surface area contributed by atoms with E-state index in [-0.39, 0.29) is 30.7 Å². The van der Waals surface area contributed by atoms with Crippen LogP contribution in [0.15, 0.2) is 18.2 Å². The maximum atomic E-state index is 11.8. The monoisotopic (exact) mass is 517 g/mol. The zero-order valence-corrected chi connectivity index (χ0v) is 23.0. The number of carbonyl (C=O) groups is 2. The van der Waals surface area contributed by atoms with Gasteiger partial charge in [0.2, 0.25) is 0 Å². The van der Waals surface area contributed by atoms with Crippen LogP contribution in [0.1, 0.15) is 82.8 Å². The summed E-state index contributed by atoms with van der Waals surface area (Å²) < 4.78 is 16.2. The van der Waals surface area contributed by atoms with Gasteiger partial charge in [0, 0.05) is 6.92 Å². The first-order valence-electron chi connectivity index (χ1n) is 14.3. The molecule has 2 aliphatic carbocycles. The Bertz CT molecular complexity index is 847. The number of hydrogen-bond acceptors (Lipinski definition) is 7. The summed E-state index contributed by atoms with van der Waals surface area (Å²) in [5, 5.41) is 13.7. The zero-order chi connectivity index (χ0) is 26.6. The van der Waals surface area contributed by atoms with Crippen LogP contribution in [0.2, 0.25) is 0 Å². The number of carbonyl (C=O) groups excluding carboxylic acids is 2. The van der Waals surface area contributed by atoms with E-state index in [1.807, 2.05) is 12.1 Å². The van der Waals surface area contributed by atoms with Crippen molar-refractivity contribution in [2.24, 2.45) is 17.8 Å². The molecule has 3 aliphatic rings. The number of nitrogens with one attached hydrogen (secondary N) is 1. The lowest BCUT2D eigenvalue weighted by Gasteiger charge is -2.32. The molecule has 7 nitrogen and oxygen atoms in total. The van der Waals surface area contributed by atoms with Crippen LogP contribution in [0.25, 0.3) is 0 Å². The normalized spacial score (nSPS) is 24.8. The average molecular weight is 518 g/mol. The summed E-state index contributed by atoms with van der Waals surface area (Å²) in [7, 11) is 1.35. The van der Waals surface area contributed by atoms with Crippen LogP contribution in [0.5, 0.6) is 5.75 Å². The van der Waals surface area contributed by atoms with Gasteiger partial charge in [-0.1, -0.05) is 38.3 Å². The second-order valence-corrected chi connectivity index (χ2v) is 10.8. The van der Waals surface area contributed by atoms with E-state index in [1.54, 1.807) is 0 Å². The average Bonchev–Trinajstić information content (AvgIpc) is 3.56. The summed E-state index contributed by atoms with van der Waals surface area (Å²) in [6, 6.07) is 6.01. The fraction of sp³-hybridized carbons (Fsp3) is 0.733. The molecule has 1 saturated carbocycles. The quantitative estimate of drug-likeness (QED) is 0.327. The highest BCUT2D eigenvalue weighted by molar-refractivity contribution is 5.71. The van der Waals surface area contributed by atoms with Gasteiger partial charge in [-0.3, -0.25) is 4.79 Å². The minimum atomic E-state index is -0.398. The predicted octanol–water partition coefficient (Wildman–Crippen LogP) is 4.61. The highest BCUT2D eigenvalue weighted by Gasteiger charge is 2.47. The van der Waals surface area contributed by atoms with Gasteiger partial charge in [-0.25, -0.2) is 4.79 Å². The number of aliphatic hydroxyl groups excluding tert-OH is 1. The van der Waals surface area contributed by atoms with Gasteiger partial charge in [-0.2, -0.15) is 0 Å². The van der Waals surface area contributed by atoms with Crippen LogP contribution < -0.4 is 10.1 Å². The number of unbranched alkanes of at least 4 members (excludes halogenated alkanes) is 2. The molecule has 0 amide bonds. The third-order valence-corrected chi connectivity index (χ3v) is 8.14. The van der Waals surface area contributed by atoms with Gasteiger partial charge < -0.3 is 24.6 Å². The molecular formula is C30H47NO6. The first kappa shape index (κ1) is 29.4. The largest absolute Gasteiger partial charge is 0.482 e. The lowest BCUT2D eigenvalue weighted by atomic mass is 9.73. The molecule has 5 atom stereocenters. The van der Waals surface area contributed by atoms with E-state index in [4.69, 9.17) is 14.2 Å². The number of methoxy groups -OCH3 is 1. The fourth-order valence-electron chi connectivity index (χ4n) is 6.24. The number of aliphatic hydroxyl groups is 1. The summed E-state index contributed by atoms with van der Waals surface area (Å²) in [4.78, 5) is 23.3. The van der Waals surface area contributed by atoms with E-state index in [0.717, 1.165) is 69.1 Å². The van der Waals surface area contributed by atoms with E-state index in [2.05, 4.69) is 18.3 Å². The molecule has 1 aliphatic heterocycles. The van der Waals surface area contributed by atoms with E-state index in [1.165, 1.54) is 45.5 Å². The van der Waals surface area contributed by atoms with Crippen LogP contribution >= 0.6 is 0 Å². The predicted molar refractivity (Wildman–Crippen MR) is 143 cm³/mol. The highest BCUT2D eigenvalue weighted by atomic mass is 16.6. The molecule has 37 heavy (non-hydrogen) atoms. The molecule has 0 aromatic heterocycles. The topological polar surface area (TPSA) is 94.1 Å². The summed E-state index contributed by atoms with van der Waals surface area (Å²) in [5.74, 6) is 1.19. The van der Waals surface area contributed by atoms with E-state index < -0.39 is 5.97 Å². The van der Waals surface area contributed by atoms with Crippen molar-refractivity contribution in [3.05, 3.63) is 29.3 Å². The second-order valence-electron chi connectivity index (χ2n) is 10.8. The summed E-state index contributed by atoms with van der Waals surface area (Å²) in [6.45, 7) is 6.05. The van der Waals surface area contributed by atoms with Crippen LogP contribution in [0.3, 0.4) is 0 Å². The van der Waals surface area contributed by atoms with Crippen LogP contribution in [-0.2, 0) is 31.9 Å². The first-order chi connectivity index (χ1) is 17.9. The van der Waals surface area contributed by atoms with Crippen LogP contribution in [0.4, 0.5) is 0 Å². The summed E-state index contributed by atoms with van der Waals surface area (Å²) in [5.41, 5.74) is 2.39. The molecule has 2 N–H and O–H groups in total. The molecular weight excluding hydrogens is 470 g/mol. The second kappa shape index (κ2) is 15.3. The molecule has 0 bridgehead atoms. The third kappa shape index (κ3) is 8.99. The molecule has 208 valence electrons. The van der Waals surface area contributed by atoms with E-state index in [9.17, 15) is 14.7 Å². The highest BCUT2D eigenvalue weighted by Crippen LogP contribution is 2.49. The zero-order valence-electron chi connectivity index (χ0n) is 23.0. The molecule has 5 unspecified atom stereocenters. The van der Waals surface area contributed by atoms with E-state index in [0.29, 0.717) is 11.8 Å². The van der Waals surface area contributed by atoms with Gasteiger partial charge in [-0.05, 0) is 99.4 Å². The molecule has 1 aromatic carbocycles. The van der Waals surface area contributed by atoms with Gasteiger partial charge in [0.05, 0.1) is 13.2 Å². The molecule has 4 rings (SSSR count). The Morgan fingerprint density at radius 3 is 2.57 bits per heavy atom. The molecule has 1 heterocycles. The van der Waals surface area contributed by atoms with Crippen molar-refractivity contribution >= 4 is 11.9 Å². The lowest BCUT2D eigenvalue weighted by molar-refractivity contribution is -0.148. The lowest BCUT2D eigenvalue weighted by Crippen LogP contribution is -2.29. The Morgan fingerprint density at radius 2 is 1.92 bits per heavy atom. The van der Waals surface area contributed by atoms with Crippen molar-refractivity contribution in [2.45, 2.75) is 96.7 Å². The van der Waals surface area contributed by atoms with Gasteiger partial charge in [0.25, 0.3) is 0 Å². The third-order valence-electron chi connectivity index (χ3n) is 8.14. The number of benzene rings is 1. The van der Waals surface area contributed by atoms with Crippen LogP contribution in [-0.4, -0.2) is 56.1 Å². The van der Waals surface area contributed by atoms with Crippen molar-refractivity contribution < 1.29 is 28.9 Å². The number of rotatable bonds is 11.